The van der Waals surface area contributed by atoms with E-state index in [1.807, 2.05) is 25.1 Å². The van der Waals surface area contributed by atoms with Gasteiger partial charge in [-0.1, -0.05) is 12.1 Å². The molecule has 0 spiro atoms. The molecule has 0 saturated carbocycles. The van der Waals surface area contributed by atoms with Crippen LogP contribution in [0.2, 0.25) is 0 Å². The molecule has 0 fully saturated rings. The fourth-order valence-electron chi connectivity index (χ4n) is 2.53. The lowest BCUT2D eigenvalue weighted by Gasteiger charge is -2.18. The molecule has 0 saturated heterocycles. The summed E-state index contributed by atoms with van der Waals surface area (Å²) in [5, 5.41) is 2.08. The van der Waals surface area contributed by atoms with Crippen LogP contribution < -0.4 is 4.90 Å². The first-order chi connectivity index (χ1) is 13.3. The zero-order chi connectivity index (χ0) is 20.3. The summed E-state index contributed by atoms with van der Waals surface area (Å²) in [5.41, 5.74) is 1.73. The molecule has 0 N–H and O–H groups in total. The molecule has 0 radical (unpaired) electrons. The molecule has 0 atom stereocenters. The maximum atomic E-state index is 13.6. The van der Waals surface area contributed by atoms with E-state index in [-0.39, 0.29) is 18.1 Å². The van der Waals surface area contributed by atoms with Gasteiger partial charge in [-0.05, 0) is 36.8 Å². The van der Waals surface area contributed by atoms with E-state index < -0.39 is 17.6 Å². The van der Waals surface area contributed by atoms with Crippen LogP contribution in [-0.2, 0) is 16.1 Å². The topological polar surface area (TPSA) is 59.5 Å². The van der Waals surface area contributed by atoms with Crippen LogP contribution in [0.5, 0.6) is 0 Å². The lowest BCUT2D eigenvalue weighted by Crippen LogP contribution is -2.22. The van der Waals surface area contributed by atoms with Gasteiger partial charge in [0.15, 0.2) is 5.13 Å². The molecule has 2 aromatic carbocycles. The highest BCUT2D eigenvalue weighted by Gasteiger charge is 2.19. The molecule has 28 heavy (non-hydrogen) atoms. The normalized spacial score (nSPS) is 10.6. The third kappa shape index (κ3) is 4.40. The molecule has 3 rings (SSSR count). The third-order valence-electron chi connectivity index (χ3n) is 3.81. The van der Waals surface area contributed by atoms with Crippen LogP contribution in [0.25, 0.3) is 0 Å². The first kappa shape index (κ1) is 19.6. The third-order valence-corrected chi connectivity index (χ3v) is 4.68. The Hall–Kier alpha value is -3.13. The monoisotopic (exact) mass is 402 g/mol. The van der Waals surface area contributed by atoms with Gasteiger partial charge in [0.2, 0.25) is 5.91 Å². The number of nitrogens with zero attached hydrogens (tertiary/aromatic N) is 2. The molecule has 3 aromatic rings. The van der Waals surface area contributed by atoms with Crippen LogP contribution in [0.4, 0.5) is 19.6 Å². The van der Waals surface area contributed by atoms with Gasteiger partial charge in [-0.2, -0.15) is 0 Å². The summed E-state index contributed by atoms with van der Waals surface area (Å²) in [7, 11) is 0. The minimum Gasteiger partial charge on any atom is -0.455 e. The number of hydrogen-bond donors (Lipinski definition) is 0. The Bertz CT molecular complexity index is 1040. The molecule has 5 nitrogen and oxygen atoms in total. The number of benzene rings is 2. The molecule has 0 bridgehead atoms. The second-order valence-electron chi connectivity index (χ2n) is 6.02. The van der Waals surface area contributed by atoms with Gasteiger partial charge in [0.05, 0.1) is 16.9 Å². The predicted octanol–water partition coefficient (Wildman–Crippen LogP) is 4.77. The lowest BCUT2D eigenvalue weighted by atomic mass is 10.2. The highest BCUT2D eigenvalue weighted by Crippen LogP contribution is 2.29. The summed E-state index contributed by atoms with van der Waals surface area (Å²) in [6.07, 6.45) is 0. The van der Waals surface area contributed by atoms with E-state index in [1.165, 1.54) is 23.2 Å². The molecule has 0 unspecified atom stereocenters. The number of amides is 1. The van der Waals surface area contributed by atoms with E-state index in [1.54, 1.807) is 11.4 Å². The van der Waals surface area contributed by atoms with Crippen LogP contribution in [0, 0.1) is 18.6 Å². The zero-order valence-corrected chi connectivity index (χ0v) is 15.9. The summed E-state index contributed by atoms with van der Waals surface area (Å²) in [4.78, 5) is 29.9. The van der Waals surface area contributed by atoms with E-state index in [0.717, 1.165) is 17.7 Å². The highest BCUT2D eigenvalue weighted by atomic mass is 32.1. The van der Waals surface area contributed by atoms with Crippen molar-refractivity contribution in [1.29, 1.82) is 0 Å². The van der Waals surface area contributed by atoms with Gasteiger partial charge in [0.25, 0.3) is 0 Å². The van der Waals surface area contributed by atoms with Gasteiger partial charge in [0.1, 0.15) is 18.2 Å². The molecule has 8 heteroatoms. The molecule has 144 valence electrons. The molecule has 1 aromatic heterocycles. The Morgan fingerprint density at radius 1 is 1.18 bits per heavy atom. The van der Waals surface area contributed by atoms with Crippen molar-refractivity contribution < 1.29 is 23.1 Å². The zero-order valence-electron chi connectivity index (χ0n) is 15.1. The number of aromatic nitrogens is 1. The van der Waals surface area contributed by atoms with Crippen molar-refractivity contribution >= 4 is 34.0 Å². The lowest BCUT2D eigenvalue weighted by molar-refractivity contribution is -0.115. The van der Waals surface area contributed by atoms with Crippen molar-refractivity contribution in [2.24, 2.45) is 0 Å². The van der Waals surface area contributed by atoms with Crippen molar-refractivity contribution in [3.8, 4) is 0 Å². The summed E-state index contributed by atoms with van der Waals surface area (Å²) < 4.78 is 31.6. The molecule has 0 aliphatic rings. The average molecular weight is 402 g/mol. The van der Waals surface area contributed by atoms with Crippen molar-refractivity contribution in [1.82, 2.24) is 4.98 Å². The predicted molar refractivity (Wildman–Crippen MR) is 102 cm³/mol. The number of hydrogen-bond acceptors (Lipinski definition) is 5. The van der Waals surface area contributed by atoms with Crippen LogP contribution in [-0.4, -0.2) is 16.9 Å². The number of rotatable bonds is 5. The summed E-state index contributed by atoms with van der Waals surface area (Å²) >= 11 is 1.22. The standard InChI is InChI=1S/C20H16F2N2O3S/c1-12-4-3-5-16(8-12)24(13(2)25)20-23-15(11-28-20)10-27-19(26)17-7-6-14(21)9-18(17)22/h3-9,11H,10H2,1-2H3. The molecule has 1 heterocycles. The minimum atomic E-state index is -0.994. The maximum absolute atomic E-state index is 13.6. The molecular weight excluding hydrogens is 386 g/mol. The van der Waals surface area contributed by atoms with Gasteiger partial charge in [-0.15, -0.1) is 11.3 Å². The Morgan fingerprint density at radius 3 is 2.64 bits per heavy atom. The first-order valence-electron chi connectivity index (χ1n) is 8.29. The van der Waals surface area contributed by atoms with Gasteiger partial charge in [-0.3, -0.25) is 9.69 Å². The van der Waals surface area contributed by atoms with Crippen LogP contribution in [0.1, 0.15) is 28.5 Å². The van der Waals surface area contributed by atoms with Crippen LogP contribution in [0.3, 0.4) is 0 Å². The van der Waals surface area contributed by atoms with Gasteiger partial charge < -0.3 is 4.74 Å². The smallest absolute Gasteiger partial charge is 0.341 e. The van der Waals surface area contributed by atoms with Gasteiger partial charge >= 0.3 is 5.97 Å². The second kappa shape index (κ2) is 8.26. The van der Waals surface area contributed by atoms with E-state index in [2.05, 4.69) is 4.98 Å². The Labute approximate surface area is 164 Å². The minimum absolute atomic E-state index is 0.203. The summed E-state index contributed by atoms with van der Waals surface area (Å²) in [5.74, 6) is -2.91. The summed E-state index contributed by atoms with van der Waals surface area (Å²) in [6.45, 7) is 3.15. The van der Waals surface area contributed by atoms with Gasteiger partial charge in [0, 0.05) is 18.4 Å². The van der Waals surface area contributed by atoms with E-state index in [0.29, 0.717) is 22.6 Å². The van der Waals surface area contributed by atoms with Crippen LogP contribution in [0.15, 0.2) is 47.8 Å². The number of esters is 1. The second-order valence-corrected chi connectivity index (χ2v) is 6.85. The van der Waals surface area contributed by atoms with Crippen LogP contribution >= 0.6 is 11.3 Å². The Kier molecular flexibility index (Phi) is 5.79. The SMILES string of the molecule is CC(=O)N(c1cccc(C)c1)c1nc(COC(=O)c2ccc(F)cc2F)cs1. The quantitative estimate of drug-likeness (QED) is 0.577. The molecular formula is C20H16F2N2O3S. The molecule has 0 aliphatic carbocycles. The van der Waals surface area contributed by atoms with Gasteiger partial charge in [-0.25, -0.2) is 18.6 Å². The van der Waals surface area contributed by atoms with E-state index in [9.17, 15) is 18.4 Å². The van der Waals surface area contributed by atoms with E-state index in [4.69, 9.17) is 4.74 Å². The largest absolute Gasteiger partial charge is 0.455 e. The molecule has 1 amide bonds. The number of aryl methyl sites for hydroxylation is 1. The summed E-state index contributed by atoms with van der Waals surface area (Å²) in [6, 6.07) is 10.0. The highest BCUT2D eigenvalue weighted by molar-refractivity contribution is 7.14. The average Bonchev–Trinajstić information content (AvgIpc) is 3.08. The fraction of sp³-hybridized carbons (Fsp3) is 0.150. The number of ether oxygens (including phenoxy) is 1. The number of carbonyl (C=O) groups excluding carboxylic acids is 2. The number of anilines is 2. The first-order valence-corrected chi connectivity index (χ1v) is 9.17. The van der Waals surface area contributed by atoms with Crippen molar-refractivity contribution in [2.75, 3.05) is 4.90 Å². The Balaban J connectivity index is 1.74. The van der Waals surface area contributed by atoms with Crippen molar-refractivity contribution in [3.05, 3.63) is 76.3 Å². The van der Waals surface area contributed by atoms with Crippen molar-refractivity contribution in [3.63, 3.8) is 0 Å². The number of carbonyl (C=O) groups is 2. The maximum Gasteiger partial charge on any atom is 0.341 e. The van der Waals surface area contributed by atoms with Crippen molar-refractivity contribution in [2.45, 2.75) is 20.5 Å². The number of thiazole rings is 1. The number of halogens is 2. The van der Waals surface area contributed by atoms with E-state index >= 15 is 0 Å². The molecule has 0 aliphatic heterocycles. The Morgan fingerprint density at radius 2 is 1.96 bits per heavy atom. The fourth-order valence-corrected chi connectivity index (χ4v) is 3.40.